The van der Waals surface area contributed by atoms with Crippen molar-refractivity contribution in [2.45, 2.75) is 44.9 Å². The van der Waals surface area contributed by atoms with E-state index in [-0.39, 0.29) is 0 Å². The van der Waals surface area contributed by atoms with Gasteiger partial charge < -0.3 is 0 Å². The molecule has 0 aromatic carbocycles. The molecule has 4 bridgehead atoms. The van der Waals surface area contributed by atoms with Gasteiger partial charge in [-0.15, -0.1) is 6.58 Å². The highest BCUT2D eigenvalue weighted by atomic mass is 32.2. The van der Waals surface area contributed by atoms with E-state index in [0.717, 1.165) is 17.3 Å². The number of hydrogen-bond acceptors (Lipinski definition) is 1. The Morgan fingerprint density at radius 3 is 2.50 bits per heavy atom. The fourth-order valence-electron chi connectivity index (χ4n) is 5.38. The predicted molar refractivity (Wildman–Crippen MR) is 72.7 cm³/mol. The van der Waals surface area contributed by atoms with E-state index in [2.05, 4.69) is 18.9 Å². The quantitative estimate of drug-likeness (QED) is 0.647. The van der Waals surface area contributed by atoms with Crippen LogP contribution in [-0.4, -0.2) is 12.0 Å². The Labute approximate surface area is 104 Å². The maximum Gasteiger partial charge on any atom is -0.00650 e. The third-order valence-electron chi connectivity index (χ3n) is 5.50. The SMILES string of the molecule is C=CC12C[C@H]3C[C@@H](C1)CC(CCSC)(C3)C2. The summed E-state index contributed by atoms with van der Waals surface area (Å²) < 4.78 is 0. The highest BCUT2D eigenvalue weighted by molar-refractivity contribution is 7.98. The third kappa shape index (κ3) is 1.66. The fourth-order valence-corrected chi connectivity index (χ4v) is 6.01. The van der Waals surface area contributed by atoms with Gasteiger partial charge in [0.25, 0.3) is 0 Å². The molecule has 90 valence electrons. The molecule has 0 aliphatic heterocycles. The minimum atomic E-state index is 0.558. The zero-order valence-corrected chi connectivity index (χ0v) is 11.3. The summed E-state index contributed by atoms with van der Waals surface area (Å²) in [5.41, 5.74) is 1.28. The molecule has 0 aromatic rings. The number of hydrogen-bond donors (Lipinski definition) is 0. The van der Waals surface area contributed by atoms with Crippen LogP contribution in [0.5, 0.6) is 0 Å². The summed E-state index contributed by atoms with van der Waals surface area (Å²) in [5, 5.41) is 0. The van der Waals surface area contributed by atoms with Crippen LogP contribution in [0.3, 0.4) is 0 Å². The summed E-state index contributed by atoms with van der Waals surface area (Å²) in [5.74, 6) is 3.45. The molecule has 4 atom stereocenters. The number of thioether (sulfide) groups is 1. The highest BCUT2D eigenvalue weighted by Crippen LogP contribution is 2.66. The van der Waals surface area contributed by atoms with Gasteiger partial charge in [0, 0.05) is 0 Å². The summed E-state index contributed by atoms with van der Waals surface area (Å²) in [6.07, 6.45) is 15.1. The van der Waals surface area contributed by atoms with Gasteiger partial charge in [-0.25, -0.2) is 0 Å². The van der Waals surface area contributed by atoms with Gasteiger partial charge in [0.05, 0.1) is 0 Å². The minimum absolute atomic E-state index is 0.558. The molecule has 4 saturated carbocycles. The Morgan fingerprint density at radius 2 is 1.94 bits per heavy atom. The molecule has 4 fully saturated rings. The van der Waals surface area contributed by atoms with Gasteiger partial charge in [-0.05, 0) is 79.6 Å². The van der Waals surface area contributed by atoms with Gasteiger partial charge >= 0.3 is 0 Å². The standard InChI is InChI=1S/C15H24S/c1-3-14-7-12-6-13(8-14)10-15(9-12,11-14)4-5-16-2/h3,12-13H,1,4-11H2,2H3/t12-,13+,14?,15?. The van der Waals surface area contributed by atoms with Gasteiger partial charge in [0.15, 0.2) is 0 Å². The lowest BCUT2D eigenvalue weighted by Crippen LogP contribution is -2.51. The smallest absolute Gasteiger partial charge is 0.00650 e. The molecule has 4 aliphatic carbocycles. The summed E-state index contributed by atoms with van der Waals surface area (Å²) in [7, 11) is 0. The Hall–Kier alpha value is 0.0900. The lowest BCUT2D eigenvalue weighted by atomic mass is 9.44. The van der Waals surface area contributed by atoms with Crippen LogP contribution in [-0.2, 0) is 0 Å². The molecule has 0 saturated heterocycles. The summed E-state index contributed by atoms with van der Waals surface area (Å²) >= 11 is 2.03. The second kappa shape index (κ2) is 3.80. The first kappa shape index (κ1) is 11.2. The molecule has 0 spiro atoms. The Morgan fingerprint density at radius 1 is 1.25 bits per heavy atom. The largest absolute Gasteiger partial charge is 0.165 e. The first-order chi connectivity index (χ1) is 7.69. The average Bonchev–Trinajstić information content (AvgIpc) is 2.25. The van der Waals surface area contributed by atoms with Crippen molar-refractivity contribution in [3.05, 3.63) is 12.7 Å². The van der Waals surface area contributed by atoms with Crippen LogP contribution < -0.4 is 0 Å². The fraction of sp³-hybridized carbons (Fsp3) is 0.867. The molecule has 2 unspecified atom stereocenters. The van der Waals surface area contributed by atoms with Crippen molar-refractivity contribution in [1.82, 2.24) is 0 Å². The third-order valence-corrected chi connectivity index (χ3v) is 6.11. The normalized spacial score (nSPS) is 49.6. The van der Waals surface area contributed by atoms with Gasteiger partial charge in [0.2, 0.25) is 0 Å². The molecule has 0 amide bonds. The zero-order valence-electron chi connectivity index (χ0n) is 10.5. The van der Waals surface area contributed by atoms with E-state index in [1.165, 1.54) is 37.9 Å². The van der Waals surface area contributed by atoms with E-state index in [1.807, 2.05) is 11.8 Å². The second-order valence-electron chi connectivity index (χ2n) is 6.77. The van der Waals surface area contributed by atoms with E-state index in [4.69, 9.17) is 0 Å². The monoisotopic (exact) mass is 236 g/mol. The molecule has 0 radical (unpaired) electrons. The van der Waals surface area contributed by atoms with Crippen molar-refractivity contribution in [1.29, 1.82) is 0 Å². The zero-order chi connectivity index (χ0) is 11.2. The van der Waals surface area contributed by atoms with Crippen LogP contribution in [0.4, 0.5) is 0 Å². The van der Waals surface area contributed by atoms with Crippen molar-refractivity contribution in [2.75, 3.05) is 12.0 Å². The first-order valence-corrected chi connectivity index (χ1v) is 8.21. The van der Waals surface area contributed by atoms with Gasteiger partial charge in [-0.1, -0.05) is 6.08 Å². The van der Waals surface area contributed by atoms with Crippen LogP contribution in [0.1, 0.15) is 44.9 Å². The van der Waals surface area contributed by atoms with E-state index in [0.29, 0.717) is 5.41 Å². The predicted octanol–water partition coefficient (Wildman–Crippen LogP) is 4.51. The van der Waals surface area contributed by atoms with Gasteiger partial charge in [-0.3, -0.25) is 0 Å². The maximum absolute atomic E-state index is 4.16. The van der Waals surface area contributed by atoms with E-state index >= 15 is 0 Å². The maximum atomic E-state index is 4.16. The van der Waals surface area contributed by atoms with Gasteiger partial charge in [-0.2, -0.15) is 11.8 Å². The molecule has 16 heavy (non-hydrogen) atoms. The molecular weight excluding hydrogens is 212 g/mol. The van der Waals surface area contributed by atoms with Crippen LogP contribution in [0.25, 0.3) is 0 Å². The van der Waals surface area contributed by atoms with Crippen molar-refractivity contribution in [2.24, 2.45) is 22.7 Å². The van der Waals surface area contributed by atoms with Gasteiger partial charge in [0.1, 0.15) is 0 Å². The molecular formula is C15H24S. The molecule has 1 heteroatoms. The Kier molecular flexibility index (Phi) is 2.66. The average molecular weight is 236 g/mol. The van der Waals surface area contributed by atoms with Crippen molar-refractivity contribution < 1.29 is 0 Å². The van der Waals surface area contributed by atoms with Crippen LogP contribution in [0.2, 0.25) is 0 Å². The van der Waals surface area contributed by atoms with Crippen LogP contribution in [0, 0.1) is 22.7 Å². The molecule has 0 aromatic heterocycles. The number of allylic oxidation sites excluding steroid dienone is 1. The molecule has 0 nitrogen and oxygen atoms in total. The van der Waals surface area contributed by atoms with Crippen molar-refractivity contribution >= 4 is 11.8 Å². The lowest BCUT2D eigenvalue weighted by molar-refractivity contribution is -0.0883. The lowest BCUT2D eigenvalue weighted by Gasteiger charge is -2.61. The summed E-state index contributed by atoms with van der Waals surface area (Å²) in [6.45, 7) is 4.16. The van der Waals surface area contributed by atoms with E-state index in [9.17, 15) is 0 Å². The van der Waals surface area contributed by atoms with Crippen molar-refractivity contribution in [3.8, 4) is 0 Å². The molecule has 4 rings (SSSR count). The molecule has 4 aliphatic rings. The Balaban J connectivity index is 1.84. The van der Waals surface area contributed by atoms with Crippen LogP contribution >= 0.6 is 11.8 Å². The van der Waals surface area contributed by atoms with E-state index in [1.54, 1.807) is 12.8 Å². The minimum Gasteiger partial charge on any atom is -0.165 e. The topological polar surface area (TPSA) is 0 Å². The molecule has 0 heterocycles. The van der Waals surface area contributed by atoms with E-state index < -0.39 is 0 Å². The van der Waals surface area contributed by atoms with Crippen LogP contribution in [0.15, 0.2) is 12.7 Å². The van der Waals surface area contributed by atoms with Crippen molar-refractivity contribution in [3.63, 3.8) is 0 Å². The highest BCUT2D eigenvalue weighted by Gasteiger charge is 2.55. The molecule has 0 N–H and O–H groups in total. The summed E-state index contributed by atoms with van der Waals surface area (Å²) in [4.78, 5) is 0. The summed E-state index contributed by atoms with van der Waals surface area (Å²) in [6, 6.07) is 0. The second-order valence-corrected chi connectivity index (χ2v) is 7.76. The Bertz CT molecular complexity index is 280. The first-order valence-electron chi connectivity index (χ1n) is 6.82. The number of rotatable bonds is 4.